The van der Waals surface area contributed by atoms with Crippen molar-refractivity contribution in [1.82, 2.24) is 20.1 Å². The molecule has 1 fully saturated rings. The molecule has 1 aromatic heterocycles. The summed E-state index contributed by atoms with van der Waals surface area (Å²) in [6.07, 6.45) is -2.68. The van der Waals surface area contributed by atoms with E-state index in [1.54, 1.807) is 6.92 Å². The summed E-state index contributed by atoms with van der Waals surface area (Å²) in [5, 5.41) is 7.15. The Balaban J connectivity index is 1.64. The predicted molar refractivity (Wildman–Crippen MR) is 100 cm³/mol. The van der Waals surface area contributed by atoms with Gasteiger partial charge in [0.2, 0.25) is 11.1 Å². The van der Waals surface area contributed by atoms with Crippen molar-refractivity contribution in [2.24, 2.45) is 5.92 Å². The first-order valence-corrected chi connectivity index (χ1v) is 10.2. The molecule has 1 aromatic carbocycles. The number of H-pyrrole nitrogens is 1. The van der Waals surface area contributed by atoms with Gasteiger partial charge in [0.1, 0.15) is 6.54 Å². The number of hydrogen-bond donors (Lipinski definition) is 1. The number of amides is 1. The fraction of sp³-hybridized carbons (Fsp3) is 0.471. The second kappa shape index (κ2) is 8.22. The number of benzene rings is 1. The number of nitrogens with one attached hydrogen (secondary N) is 1. The van der Waals surface area contributed by atoms with Gasteiger partial charge in [-0.3, -0.25) is 9.89 Å². The molecule has 1 unspecified atom stereocenters. The summed E-state index contributed by atoms with van der Waals surface area (Å²) in [5.41, 5.74) is 0.809. The molecule has 1 saturated carbocycles. The summed E-state index contributed by atoms with van der Waals surface area (Å²) in [7, 11) is 0. The Kier molecular flexibility index (Phi) is 6.15. The van der Waals surface area contributed by atoms with Gasteiger partial charge in [-0.25, -0.2) is 4.98 Å². The Bertz CT molecular complexity index is 809. The number of thioether (sulfide) groups is 1. The van der Waals surface area contributed by atoms with Crippen LogP contribution in [-0.2, 0) is 4.79 Å². The van der Waals surface area contributed by atoms with Crippen molar-refractivity contribution in [1.29, 1.82) is 0 Å². The molecule has 1 atom stereocenters. The Morgan fingerprint density at radius 1 is 1.41 bits per heavy atom. The van der Waals surface area contributed by atoms with Gasteiger partial charge in [0.25, 0.3) is 0 Å². The third-order valence-corrected chi connectivity index (χ3v) is 5.91. The molecule has 0 saturated heterocycles. The molecule has 0 bridgehead atoms. The van der Waals surface area contributed by atoms with E-state index in [2.05, 4.69) is 31.1 Å². The lowest BCUT2D eigenvalue weighted by Gasteiger charge is -2.30. The molecule has 10 heteroatoms. The van der Waals surface area contributed by atoms with Crippen molar-refractivity contribution in [3.8, 4) is 11.4 Å². The van der Waals surface area contributed by atoms with E-state index in [0.717, 1.165) is 39.5 Å². The first-order chi connectivity index (χ1) is 12.7. The molecule has 1 aliphatic rings. The van der Waals surface area contributed by atoms with Crippen molar-refractivity contribution in [2.45, 2.75) is 37.1 Å². The molecular formula is C17H18BrF3N4OS. The maximum Gasteiger partial charge on any atom is 0.406 e. The summed E-state index contributed by atoms with van der Waals surface area (Å²) < 4.78 is 39.4. The van der Waals surface area contributed by atoms with Crippen molar-refractivity contribution in [2.75, 3.05) is 12.3 Å². The van der Waals surface area contributed by atoms with Crippen LogP contribution in [0, 0.1) is 5.92 Å². The minimum Gasteiger partial charge on any atom is -0.330 e. The molecule has 2 aromatic rings. The second-order valence-electron chi connectivity index (χ2n) is 6.45. The molecule has 0 radical (unpaired) electrons. The number of hydrogen-bond acceptors (Lipinski definition) is 4. The van der Waals surface area contributed by atoms with Gasteiger partial charge < -0.3 is 4.90 Å². The highest BCUT2D eigenvalue weighted by Gasteiger charge is 2.40. The van der Waals surface area contributed by atoms with Crippen molar-refractivity contribution >= 4 is 33.6 Å². The van der Waals surface area contributed by atoms with Crippen LogP contribution in [0.5, 0.6) is 0 Å². The Hall–Kier alpha value is -1.55. The van der Waals surface area contributed by atoms with E-state index in [1.165, 1.54) is 0 Å². The van der Waals surface area contributed by atoms with Gasteiger partial charge in [-0.15, -0.1) is 5.10 Å². The molecule has 3 rings (SSSR count). The average molecular weight is 463 g/mol. The van der Waals surface area contributed by atoms with Crippen LogP contribution in [0.25, 0.3) is 11.4 Å². The Labute approximate surface area is 167 Å². The van der Waals surface area contributed by atoms with Gasteiger partial charge in [-0.1, -0.05) is 45.9 Å². The summed E-state index contributed by atoms with van der Waals surface area (Å²) in [6, 6.07) is 7.03. The highest BCUT2D eigenvalue weighted by Crippen LogP contribution is 2.36. The minimum absolute atomic E-state index is 0.138. The average Bonchev–Trinajstić information content (AvgIpc) is 3.35. The molecule has 27 heavy (non-hydrogen) atoms. The van der Waals surface area contributed by atoms with E-state index < -0.39 is 24.7 Å². The van der Waals surface area contributed by atoms with Gasteiger partial charge in [-0.05, 0) is 31.7 Å². The molecule has 1 heterocycles. The molecular weight excluding hydrogens is 445 g/mol. The van der Waals surface area contributed by atoms with E-state index >= 15 is 0 Å². The third kappa shape index (κ3) is 5.47. The van der Waals surface area contributed by atoms with Crippen molar-refractivity contribution < 1.29 is 18.0 Å². The van der Waals surface area contributed by atoms with Crippen molar-refractivity contribution in [3.63, 3.8) is 0 Å². The Morgan fingerprint density at radius 2 is 2.11 bits per heavy atom. The topological polar surface area (TPSA) is 61.9 Å². The van der Waals surface area contributed by atoms with Crippen LogP contribution in [0.3, 0.4) is 0 Å². The summed E-state index contributed by atoms with van der Waals surface area (Å²) in [5.74, 6) is -0.00727. The third-order valence-electron chi connectivity index (χ3n) is 4.38. The monoisotopic (exact) mass is 462 g/mol. The zero-order valence-electron chi connectivity index (χ0n) is 14.5. The van der Waals surface area contributed by atoms with Crippen LogP contribution in [0.1, 0.15) is 19.8 Å². The lowest BCUT2D eigenvalue weighted by atomic mass is 10.2. The summed E-state index contributed by atoms with van der Waals surface area (Å²) >= 11 is 4.45. The summed E-state index contributed by atoms with van der Waals surface area (Å²) in [4.78, 5) is 17.7. The van der Waals surface area contributed by atoms with Crippen LogP contribution in [0.15, 0.2) is 33.9 Å². The number of carbonyl (C=O) groups is 1. The first kappa shape index (κ1) is 20.2. The maximum absolute atomic E-state index is 12.9. The van der Waals surface area contributed by atoms with Gasteiger partial charge in [0.15, 0.2) is 5.82 Å². The fourth-order valence-electron chi connectivity index (χ4n) is 2.78. The fourth-order valence-corrected chi connectivity index (χ4v) is 3.94. The zero-order valence-corrected chi connectivity index (χ0v) is 16.9. The van der Waals surface area contributed by atoms with Crippen LogP contribution >= 0.6 is 27.7 Å². The molecule has 1 amide bonds. The highest BCUT2D eigenvalue weighted by molar-refractivity contribution is 9.10. The van der Waals surface area contributed by atoms with Crippen molar-refractivity contribution in [3.05, 3.63) is 28.7 Å². The van der Waals surface area contributed by atoms with Crippen LogP contribution in [0.4, 0.5) is 13.2 Å². The SMILES string of the molecule is CC(C1CC1)N(CC(F)(F)F)C(=O)CSc1n[nH]c(-c2ccccc2Br)n1. The number of halogens is 4. The summed E-state index contributed by atoms with van der Waals surface area (Å²) in [6.45, 7) is 0.462. The van der Waals surface area contributed by atoms with Gasteiger partial charge in [0, 0.05) is 16.1 Å². The molecule has 1 N–H and O–H groups in total. The molecule has 0 aliphatic heterocycles. The van der Waals surface area contributed by atoms with Gasteiger partial charge >= 0.3 is 6.18 Å². The predicted octanol–water partition coefficient (Wildman–Crippen LogP) is 4.52. The normalized spacial score (nSPS) is 15.6. The van der Waals surface area contributed by atoms with Gasteiger partial charge in [-0.2, -0.15) is 13.2 Å². The van der Waals surface area contributed by atoms with E-state index in [4.69, 9.17) is 0 Å². The number of nitrogens with zero attached hydrogens (tertiary/aromatic N) is 3. The number of rotatable bonds is 7. The maximum atomic E-state index is 12.9. The first-order valence-electron chi connectivity index (χ1n) is 8.41. The lowest BCUT2D eigenvalue weighted by molar-refractivity contribution is -0.164. The van der Waals surface area contributed by atoms with Gasteiger partial charge in [0.05, 0.1) is 5.75 Å². The Morgan fingerprint density at radius 3 is 2.74 bits per heavy atom. The van der Waals surface area contributed by atoms with Crippen LogP contribution in [-0.4, -0.2) is 50.5 Å². The van der Waals surface area contributed by atoms with Crippen LogP contribution in [0.2, 0.25) is 0 Å². The molecule has 5 nitrogen and oxygen atoms in total. The number of carbonyl (C=O) groups excluding carboxylic acids is 1. The minimum atomic E-state index is -4.42. The lowest BCUT2D eigenvalue weighted by Crippen LogP contribution is -2.46. The molecule has 1 aliphatic carbocycles. The van der Waals surface area contributed by atoms with E-state index in [0.29, 0.717) is 11.0 Å². The second-order valence-corrected chi connectivity index (χ2v) is 8.25. The van der Waals surface area contributed by atoms with E-state index in [-0.39, 0.29) is 11.7 Å². The molecule has 0 spiro atoms. The smallest absolute Gasteiger partial charge is 0.330 e. The van der Waals surface area contributed by atoms with Crippen LogP contribution < -0.4 is 0 Å². The standard InChI is InChI=1S/C17H18BrF3N4OS/c1-10(11-6-7-11)25(9-17(19,20)21)14(26)8-27-16-22-15(23-24-16)12-4-2-3-5-13(12)18/h2-5,10-11H,6-9H2,1H3,(H,22,23,24). The largest absolute Gasteiger partial charge is 0.406 e. The van der Waals surface area contributed by atoms with E-state index in [9.17, 15) is 18.0 Å². The number of aromatic amines is 1. The van der Waals surface area contributed by atoms with E-state index in [1.807, 2.05) is 24.3 Å². The molecule has 146 valence electrons. The number of alkyl halides is 3. The number of aromatic nitrogens is 3. The highest BCUT2D eigenvalue weighted by atomic mass is 79.9. The quantitative estimate of drug-likeness (QED) is 0.614. The zero-order chi connectivity index (χ0) is 19.6.